The molecule has 0 fully saturated rings. The van der Waals surface area contributed by atoms with E-state index in [1.807, 2.05) is 12.1 Å². The summed E-state index contributed by atoms with van der Waals surface area (Å²) in [5, 5.41) is 10.2. The Hall–Kier alpha value is -2.20. The standard InChI is InChI=1S/C23H31NO3/c1-5-16(2)15-24-11-10-18-14-19(26-3)7-8-20(18)21(24)12-17-6-9-23(27-4)22(25)13-17/h6-9,13-14,16,21,25H,5,10-12,15H2,1-4H3/t16?,21-/m1/s1. The molecule has 0 radical (unpaired) electrons. The number of hydrogen-bond donors (Lipinski definition) is 1. The van der Waals surface area contributed by atoms with E-state index in [2.05, 4.69) is 43.0 Å². The van der Waals surface area contributed by atoms with Gasteiger partial charge in [-0.25, -0.2) is 0 Å². The van der Waals surface area contributed by atoms with Gasteiger partial charge in [0.15, 0.2) is 11.5 Å². The van der Waals surface area contributed by atoms with E-state index >= 15 is 0 Å². The Morgan fingerprint density at radius 3 is 2.63 bits per heavy atom. The van der Waals surface area contributed by atoms with Gasteiger partial charge in [-0.05, 0) is 59.7 Å². The van der Waals surface area contributed by atoms with Crippen molar-refractivity contribution in [2.75, 3.05) is 27.3 Å². The zero-order chi connectivity index (χ0) is 19.4. The first-order chi connectivity index (χ1) is 13.0. The maximum atomic E-state index is 10.2. The number of rotatable bonds is 7. The molecule has 0 bridgehead atoms. The number of aromatic hydroxyl groups is 1. The normalized spacial score (nSPS) is 18.0. The Balaban J connectivity index is 1.92. The molecule has 3 rings (SSSR count). The fourth-order valence-corrected chi connectivity index (χ4v) is 3.94. The average molecular weight is 370 g/mol. The third-order valence-corrected chi connectivity index (χ3v) is 5.73. The molecule has 1 unspecified atom stereocenters. The van der Waals surface area contributed by atoms with Gasteiger partial charge in [0.2, 0.25) is 0 Å². The van der Waals surface area contributed by atoms with Crippen LogP contribution in [0.1, 0.15) is 43.0 Å². The van der Waals surface area contributed by atoms with Gasteiger partial charge in [-0.1, -0.05) is 32.4 Å². The number of methoxy groups -OCH3 is 2. The molecule has 146 valence electrons. The predicted molar refractivity (Wildman–Crippen MR) is 109 cm³/mol. The summed E-state index contributed by atoms with van der Waals surface area (Å²) in [4.78, 5) is 2.60. The highest BCUT2D eigenvalue weighted by molar-refractivity contribution is 5.44. The van der Waals surface area contributed by atoms with Crippen molar-refractivity contribution in [2.45, 2.75) is 39.2 Å². The highest BCUT2D eigenvalue weighted by Crippen LogP contribution is 2.36. The molecule has 0 saturated carbocycles. The number of hydrogen-bond acceptors (Lipinski definition) is 4. The zero-order valence-electron chi connectivity index (χ0n) is 16.9. The van der Waals surface area contributed by atoms with Crippen molar-refractivity contribution >= 4 is 0 Å². The number of nitrogens with zero attached hydrogens (tertiary/aromatic N) is 1. The van der Waals surface area contributed by atoms with Crippen molar-refractivity contribution in [3.8, 4) is 17.2 Å². The Kier molecular flexibility index (Phi) is 6.27. The van der Waals surface area contributed by atoms with Gasteiger partial charge < -0.3 is 14.6 Å². The van der Waals surface area contributed by atoms with Crippen LogP contribution in [0.3, 0.4) is 0 Å². The molecule has 0 aromatic heterocycles. The largest absolute Gasteiger partial charge is 0.504 e. The molecule has 4 nitrogen and oxygen atoms in total. The summed E-state index contributed by atoms with van der Waals surface area (Å²) in [6, 6.07) is 12.5. The van der Waals surface area contributed by atoms with E-state index in [4.69, 9.17) is 9.47 Å². The minimum atomic E-state index is 0.203. The smallest absolute Gasteiger partial charge is 0.160 e. The third-order valence-electron chi connectivity index (χ3n) is 5.73. The van der Waals surface area contributed by atoms with Crippen molar-refractivity contribution in [1.29, 1.82) is 0 Å². The highest BCUT2D eigenvalue weighted by Gasteiger charge is 2.28. The van der Waals surface area contributed by atoms with Crippen molar-refractivity contribution in [3.05, 3.63) is 53.1 Å². The van der Waals surface area contributed by atoms with E-state index in [1.54, 1.807) is 14.2 Å². The van der Waals surface area contributed by atoms with Crippen molar-refractivity contribution in [2.24, 2.45) is 5.92 Å². The lowest BCUT2D eigenvalue weighted by atomic mass is 9.87. The average Bonchev–Trinajstić information content (AvgIpc) is 2.69. The SMILES string of the molecule is CCC(C)CN1CCc2cc(OC)ccc2[C@H]1Cc1ccc(OC)c(O)c1. The number of phenols is 1. The van der Waals surface area contributed by atoms with E-state index in [-0.39, 0.29) is 5.75 Å². The molecule has 2 aromatic carbocycles. The monoisotopic (exact) mass is 369 g/mol. The molecule has 2 atom stereocenters. The molecule has 1 heterocycles. The molecular formula is C23H31NO3. The van der Waals surface area contributed by atoms with Gasteiger partial charge in [0.25, 0.3) is 0 Å². The molecule has 0 aliphatic carbocycles. The van der Waals surface area contributed by atoms with Crippen LogP contribution in [0.15, 0.2) is 36.4 Å². The fourth-order valence-electron chi connectivity index (χ4n) is 3.94. The second-order valence-electron chi connectivity index (χ2n) is 7.55. The van der Waals surface area contributed by atoms with E-state index < -0.39 is 0 Å². The summed E-state index contributed by atoms with van der Waals surface area (Å²) in [6.45, 7) is 6.72. The van der Waals surface area contributed by atoms with Gasteiger partial charge in [-0.2, -0.15) is 0 Å². The van der Waals surface area contributed by atoms with E-state index in [0.717, 1.165) is 37.2 Å². The maximum Gasteiger partial charge on any atom is 0.160 e. The molecule has 27 heavy (non-hydrogen) atoms. The van der Waals surface area contributed by atoms with Gasteiger partial charge in [-0.3, -0.25) is 4.90 Å². The van der Waals surface area contributed by atoms with Crippen LogP contribution in [-0.2, 0) is 12.8 Å². The van der Waals surface area contributed by atoms with Gasteiger partial charge >= 0.3 is 0 Å². The molecule has 2 aromatic rings. The summed E-state index contributed by atoms with van der Waals surface area (Å²) < 4.78 is 10.6. The lowest BCUT2D eigenvalue weighted by Gasteiger charge is -2.39. The van der Waals surface area contributed by atoms with E-state index in [0.29, 0.717) is 17.7 Å². The summed E-state index contributed by atoms with van der Waals surface area (Å²) in [5.74, 6) is 2.31. The van der Waals surface area contributed by atoms with Gasteiger partial charge in [0.05, 0.1) is 14.2 Å². The number of benzene rings is 2. The van der Waals surface area contributed by atoms with Crippen molar-refractivity contribution < 1.29 is 14.6 Å². The van der Waals surface area contributed by atoms with Crippen LogP contribution < -0.4 is 9.47 Å². The minimum absolute atomic E-state index is 0.203. The minimum Gasteiger partial charge on any atom is -0.504 e. The summed E-state index contributed by atoms with van der Waals surface area (Å²) in [7, 11) is 3.30. The van der Waals surface area contributed by atoms with Crippen LogP contribution >= 0.6 is 0 Å². The third kappa shape index (κ3) is 4.38. The lowest BCUT2D eigenvalue weighted by Crippen LogP contribution is -2.39. The van der Waals surface area contributed by atoms with E-state index in [9.17, 15) is 5.11 Å². The Morgan fingerprint density at radius 1 is 1.15 bits per heavy atom. The number of fused-ring (bicyclic) bond motifs is 1. The first-order valence-corrected chi connectivity index (χ1v) is 9.82. The Labute approximate surface area is 162 Å². The molecular weight excluding hydrogens is 338 g/mol. The topological polar surface area (TPSA) is 41.9 Å². The van der Waals surface area contributed by atoms with Crippen LogP contribution in [0.25, 0.3) is 0 Å². The van der Waals surface area contributed by atoms with Crippen LogP contribution in [0.2, 0.25) is 0 Å². The quantitative estimate of drug-likeness (QED) is 0.775. The fraction of sp³-hybridized carbons (Fsp3) is 0.478. The first-order valence-electron chi connectivity index (χ1n) is 9.82. The van der Waals surface area contributed by atoms with Gasteiger partial charge in [0.1, 0.15) is 5.75 Å². The Morgan fingerprint density at radius 2 is 1.96 bits per heavy atom. The maximum absolute atomic E-state index is 10.2. The van der Waals surface area contributed by atoms with Crippen molar-refractivity contribution in [1.82, 2.24) is 4.90 Å². The summed E-state index contributed by atoms with van der Waals surface area (Å²) in [6.07, 6.45) is 3.10. The molecule has 0 saturated heterocycles. The number of phenolic OH excluding ortho intramolecular Hbond substituents is 1. The summed E-state index contributed by atoms with van der Waals surface area (Å²) >= 11 is 0. The second kappa shape index (κ2) is 8.66. The molecule has 4 heteroatoms. The highest BCUT2D eigenvalue weighted by atomic mass is 16.5. The zero-order valence-corrected chi connectivity index (χ0v) is 16.9. The molecule has 0 spiro atoms. The van der Waals surface area contributed by atoms with Gasteiger partial charge in [-0.15, -0.1) is 0 Å². The van der Waals surface area contributed by atoms with E-state index in [1.165, 1.54) is 17.5 Å². The molecule has 0 amide bonds. The first kappa shape index (κ1) is 19.6. The van der Waals surface area contributed by atoms with Crippen LogP contribution in [0.4, 0.5) is 0 Å². The predicted octanol–water partition coefficient (Wildman–Crippen LogP) is 4.60. The second-order valence-corrected chi connectivity index (χ2v) is 7.55. The van der Waals surface area contributed by atoms with Crippen LogP contribution in [0.5, 0.6) is 17.2 Å². The molecule has 1 N–H and O–H groups in total. The number of ether oxygens (including phenoxy) is 2. The molecule has 1 aliphatic rings. The Bertz CT molecular complexity index is 774. The molecule has 1 aliphatic heterocycles. The van der Waals surface area contributed by atoms with Crippen LogP contribution in [-0.4, -0.2) is 37.3 Å². The summed E-state index contributed by atoms with van der Waals surface area (Å²) in [5.41, 5.74) is 3.87. The lowest BCUT2D eigenvalue weighted by molar-refractivity contribution is 0.157. The van der Waals surface area contributed by atoms with Gasteiger partial charge in [0, 0.05) is 19.1 Å². The van der Waals surface area contributed by atoms with Crippen molar-refractivity contribution in [3.63, 3.8) is 0 Å². The van der Waals surface area contributed by atoms with Crippen LogP contribution in [0, 0.1) is 5.92 Å².